The van der Waals surface area contributed by atoms with E-state index in [1.165, 1.54) is 0 Å². The molecular weight excluding hydrogens is 340 g/mol. The van der Waals surface area contributed by atoms with E-state index in [2.05, 4.69) is 32.7 Å². The molecule has 20 heavy (non-hydrogen) atoms. The molecule has 2 rings (SSSR count). The SMILES string of the molecule is C=C(C)C[C@H](c1c(Br)ccc(Cl)c1O)N1CCNCC1. The summed E-state index contributed by atoms with van der Waals surface area (Å²) in [5.41, 5.74) is 1.96. The van der Waals surface area contributed by atoms with Crippen LogP contribution in [-0.2, 0) is 0 Å². The van der Waals surface area contributed by atoms with Gasteiger partial charge in [0, 0.05) is 42.3 Å². The van der Waals surface area contributed by atoms with Crippen molar-refractivity contribution >= 4 is 27.5 Å². The number of nitrogens with zero attached hydrogens (tertiary/aromatic N) is 1. The minimum absolute atomic E-state index is 0.0997. The molecule has 1 aliphatic heterocycles. The average Bonchev–Trinajstić information content (AvgIpc) is 2.43. The molecule has 1 fully saturated rings. The largest absolute Gasteiger partial charge is 0.506 e. The van der Waals surface area contributed by atoms with Crippen LogP contribution in [0.2, 0.25) is 5.02 Å². The summed E-state index contributed by atoms with van der Waals surface area (Å²) in [6, 6.07) is 3.70. The van der Waals surface area contributed by atoms with Gasteiger partial charge in [0.1, 0.15) is 5.75 Å². The molecule has 5 heteroatoms. The molecule has 0 aromatic heterocycles. The Hall–Kier alpha value is -0.550. The van der Waals surface area contributed by atoms with Crippen LogP contribution in [0.3, 0.4) is 0 Å². The summed E-state index contributed by atoms with van der Waals surface area (Å²) >= 11 is 9.63. The van der Waals surface area contributed by atoms with Gasteiger partial charge in [0.2, 0.25) is 0 Å². The molecule has 0 aliphatic carbocycles. The smallest absolute Gasteiger partial charge is 0.140 e. The Balaban J connectivity index is 2.40. The Bertz CT molecular complexity index is 501. The van der Waals surface area contributed by atoms with E-state index in [1.807, 2.05) is 13.0 Å². The number of phenolic OH excluding ortho intramolecular Hbond substituents is 1. The number of nitrogens with one attached hydrogen (secondary N) is 1. The predicted molar refractivity (Wildman–Crippen MR) is 87.4 cm³/mol. The van der Waals surface area contributed by atoms with Crippen molar-refractivity contribution in [2.45, 2.75) is 19.4 Å². The quantitative estimate of drug-likeness (QED) is 0.804. The molecular formula is C15H20BrClN2O. The minimum Gasteiger partial charge on any atom is -0.506 e. The van der Waals surface area contributed by atoms with Crippen LogP contribution in [0, 0.1) is 0 Å². The molecule has 1 aromatic rings. The highest BCUT2D eigenvalue weighted by Crippen LogP contribution is 2.41. The first kappa shape index (κ1) is 15.8. The summed E-state index contributed by atoms with van der Waals surface area (Å²) in [5.74, 6) is 0.172. The molecule has 0 unspecified atom stereocenters. The highest BCUT2D eigenvalue weighted by atomic mass is 79.9. The van der Waals surface area contributed by atoms with Gasteiger partial charge in [-0.2, -0.15) is 0 Å². The Morgan fingerprint density at radius 3 is 2.75 bits per heavy atom. The van der Waals surface area contributed by atoms with Crippen LogP contribution in [0.1, 0.15) is 24.9 Å². The van der Waals surface area contributed by atoms with Crippen LogP contribution < -0.4 is 5.32 Å². The minimum atomic E-state index is 0.0997. The van der Waals surface area contributed by atoms with Crippen LogP contribution in [0.15, 0.2) is 28.8 Å². The number of hydrogen-bond acceptors (Lipinski definition) is 3. The van der Waals surface area contributed by atoms with Crippen molar-refractivity contribution in [2.24, 2.45) is 0 Å². The molecule has 1 saturated heterocycles. The lowest BCUT2D eigenvalue weighted by atomic mass is 9.97. The first-order valence-electron chi connectivity index (χ1n) is 6.76. The van der Waals surface area contributed by atoms with Gasteiger partial charge in [-0.15, -0.1) is 6.58 Å². The summed E-state index contributed by atoms with van der Waals surface area (Å²) < 4.78 is 0.893. The van der Waals surface area contributed by atoms with E-state index in [0.29, 0.717) is 5.02 Å². The highest BCUT2D eigenvalue weighted by molar-refractivity contribution is 9.10. The molecule has 1 heterocycles. The summed E-state index contributed by atoms with van der Waals surface area (Å²) in [5, 5.41) is 14.1. The zero-order valence-electron chi connectivity index (χ0n) is 11.6. The first-order chi connectivity index (χ1) is 9.50. The van der Waals surface area contributed by atoms with Crippen molar-refractivity contribution in [3.05, 3.63) is 39.3 Å². The fourth-order valence-corrected chi connectivity index (χ4v) is 3.36. The monoisotopic (exact) mass is 358 g/mol. The van der Waals surface area contributed by atoms with Crippen molar-refractivity contribution in [2.75, 3.05) is 26.2 Å². The zero-order chi connectivity index (χ0) is 14.7. The van der Waals surface area contributed by atoms with E-state index >= 15 is 0 Å². The molecule has 0 amide bonds. The molecule has 1 aromatic carbocycles. The molecule has 3 nitrogen and oxygen atoms in total. The third-order valence-corrected chi connectivity index (χ3v) is 4.58. The second-order valence-electron chi connectivity index (χ2n) is 5.25. The third-order valence-electron chi connectivity index (χ3n) is 3.58. The zero-order valence-corrected chi connectivity index (χ0v) is 14.0. The topological polar surface area (TPSA) is 35.5 Å². The lowest BCUT2D eigenvalue weighted by Gasteiger charge is -2.36. The Morgan fingerprint density at radius 2 is 2.15 bits per heavy atom. The second kappa shape index (κ2) is 6.94. The summed E-state index contributed by atoms with van der Waals surface area (Å²) in [7, 11) is 0. The first-order valence-corrected chi connectivity index (χ1v) is 7.94. The van der Waals surface area contributed by atoms with E-state index < -0.39 is 0 Å². The van der Waals surface area contributed by atoms with Crippen LogP contribution in [0.4, 0.5) is 0 Å². The van der Waals surface area contributed by atoms with Gasteiger partial charge in [-0.25, -0.2) is 0 Å². The van der Waals surface area contributed by atoms with E-state index in [0.717, 1.165) is 48.2 Å². The summed E-state index contributed by atoms with van der Waals surface area (Å²) in [6.07, 6.45) is 0.812. The van der Waals surface area contributed by atoms with Crippen LogP contribution >= 0.6 is 27.5 Å². The van der Waals surface area contributed by atoms with E-state index in [4.69, 9.17) is 11.6 Å². The van der Waals surface area contributed by atoms with Gasteiger partial charge < -0.3 is 10.4 Å². The lowest BCUT2D eigenvalue weighted by molar-refractivity contribution is 0.169. The van der Waals surface area contributed by atoms with Crippen LogP contribution in [0.25, 0.3) is 0 Å². The number of rotatable bonds is 4. The summed E-state index contributed by atoms with van der Waals surface area (Å²) in [6.45, 7) is 9.88. The Morgan fingerprint density at radius 1 is 1.50 bits per heavy atom. The Kier molecular flexibility index (Phi) is 5.49. The highest BCUT2D eigenvalue weighted by Gasteiger charge is 2.27. The van der Waals surface area contributed by atoms with Crippen LogP contribution in [-0.4, -0.2) is 36.2 Å². The number of piperazine rings is 1. The van der Waals surface area contributed by atoms with Crippen molar-refractivity contribution in [1.82, 2.24) is 10.2 Å². The lowest BCUT2D eigenvalue weighted by Crippen LogP contribution is -2.45. The van der Waals surface area contributed by atoms with E-state index in [1.54, 1.807) is 6.07 Å². The van der Waals surface area contributed by atoms with Gasteiger partial charge in [0.15, 0.2) is 0 Å². The number of benzene rings is 1. The van der Waals surface area contributed by atoms with Gasteiger partial charge in [0.25, 0.3) is 0 Å². The molecule has 0 spiro atoms. The average molecular weight is 360 g/mol. The van der Waals surface area contributed by atoms with Crippen molar-refractivity contribution in [1.29, 1.82) is 0 Å². The maximum atomic E-state index is 10.4. The normalized spacial score (nSPS) is 17.9. The van der Waals surface area contributed by atoms with E-state index in [9.17, 15) is 5.11 Å². The second-order valence-corrected chi connectivity index (χ2v) is 6.52. The maximum Gasteiger partial charge on any atom is 0.140 e. The molecule has 1 aliphatic rings. The molecule has 0 saturated carbocycles. The van der Waals surface area contributed by atoms with Gasteiger partial charge in [-0.1, -0.05) is 33.1 Å². The van der Waals surface area contributed by atoms with Gasteiger partial charge in [-0.05, 0) is 25.5 Å². The molecule has 0 bridgehead atoms. The fraction of sp³-hybridized carbons (Fsp3) is 0.467. The molecule has 2 N–H and O–H groups in total. The van der Waals surface area contributed by atoms with Crippen molar-refractivity contribution in [3.63, 3.8) is 0 Å². The number of aromatic hydroxyl groups is 1. The van der Waals surface area contributed by atoms with Crippen molar-refractivity contribution in [3.8, 4) is 5.75 Å². The van der Waals surface area contributed by atoms with Crippen molar-refractivity contribution < 1.29 is 5.11 Å². The van der Waals surface area contributed by atoms with Gasteiger partial charge in [-0.3, -0.25) is 4.90 Å². The molecule has 1 atom stereocenters. The standard InChI is InChI=1S/C15H20BrClN2O/c1-10(2)9-13(19-7-5-18-6-8-19)14-11(16)3-4-12(17)15(14)20/h3-4,13,18,20H,1,5-9H2,2H3/t13-/m1/s1. The van der Waals surface area contributed by atoms with Gasteiger partial charge in [0.05, 0.1) is 5.02 Å². The number of halogens is 2. The third kappa shape index (κ3) is 3.55. The molecule has 110 valence electrons. The van der Waals surface area contributed by atoms with Crippen LogP contribution in [0.5, 0.6) is 5.75 Å². The number of phenols is 1. The summed E-state index contributed by atoms with van der Waals surface area (Å²) in [4.78, 5) is 2.38. The predicted octanol–water partition coefficient (Wildman–Crippen LogP) is 3.72. The molecule has 0 radical (unpaired) electrons. The Labute approximate surface area is 133 Å². The number of hydrogen-bond donors (Lipinski definition) is 2. The van der Waals surface area contributed by atoms with Gasteiger partial charge >= 0.3 is 0 Å². The van der Waals surface area contributed by atoms with E-state index in [-0.39, 0.29) is 11.8 Å². The maximum absolute atomic E-state index is 10.4. The fourth-order valence-electron chi connectivity index (χ4n) is 2.61.